The fourth-order valence-electron chi connectivity index (χ4n) is 1.54. The molecule has 2 rings (SSSR count). The highest BCUT2D eigenvalue weighted by atomic mass is 19.4. The lowest BCUT2D eigenvalue weighted by atomic mass is 10.3. The number of anilines is 1. The maximum Gasteiger partial charge on any atom is 0.573 e. The third-order valence-electron chi connectivity index (χ3n) is 2.43. The molecule has 0 unspecified atom stereocenters. The molecule has 0 bridgehead atoms. The summed E-state index contributed by atoms with van der Waals surface area (Å²) in [7, 11) is 0. The Balaban J connectivity index is 2.01. The van der Waals surface area contributed by atoms with Gasteiger partial charge in [0.2, 0.25) is 0 Å². The Morgan fingerprint density at radius 2 is 1.86 bits per heavy atom. The van der Waals surface area contributed by atoms with E-state index in [1.165, 1.54) is 18.2 Å². The molecule has 0 radical (unpaired) electrons. The summed E-state index contributed by atoms with van der Waals surface area (Å²) in [6.07, 6.45) is -4.75. The van der Waals surface area contributed by atoms with Gasteiger partial charge in [-0.25, -0.2) is 0 Å². The highest BCUT2D eigenvalue weighted by Crippen LogP contribution is 2.24. The summed E-state index contributed by atoms with van der Waals surface area (Å²) < 4.78 is 44.8. The van der Waals surface area contributed by atoms with Crippen LogP contribution in [0.2, 0.25) is 0 Å². The summed E-state index contributed by atoms with van der Waals surface area (Å²) in [6, 6.07) is 7.78. The quantitative estimate of drug-likeness (QED) is 0.910. The van der Waals surface area contributed by atoms with Gasteiger partial charge in [0.1, 0.15) is 11.5 Å². The zero-order valence-electron chi connectivity index (χ0n) is 10.6. The van der Waals surface area contributed by atoms with Crippen molar-refractivity contribution < 1.29 is 27.1 Å². The Kier molecular flexibility index (Phi) is 4.18. The molecule has 0 aliphatic rings. The standard InChI is InChI=1S/C13H11F3N2O3/c14-13(15,16)21-9-3-1-8(2-4-9)18-12(19)11-6-5-10(7-17)20-11/h1-6H,7,17H2,(H,18,19). The molecule has 1 aromatic carbocycles. The van der Waals surface area contributed by atoms with Crippen LogP contribution in [0.1, 0.15) is 16.3 Å². The number of alkyl halides is 3. The molecule has 8 heteroatoms. The Labute approximate surface area is 117 Å². The topological polar surface area (TPSA) is 77.5 Å². The van der Waals surface area contributed by atoms with E-state index in [2.05, 4.69) is 10.1 Å². The molecule has 2 aromatic rings. The van der Waals surface area contributed by atoms with Crippen LogP contribution in [-0.4, -0.2) is 12.3 Å². The molecule has 0 atom stereocenters. The summed E-state index contributed by atoms with van der Waals surface area (Å²) in [5, 5.41) is 2.48. The van der Waals surface area contributed by atoms with Crippen molar-refractivity contribution in [3.05, 3.63) is 47.9 Å². The summed E-state index contributed by atoms with van der Waals surface area (Å²) >= 11 is 0. The number of rotatable bonds is 4. The third-order valence-corrected chi connectivity index (χ3v) is 2.43. The maximum atomic E-state index is 12.0. The van der Waals surface area contributed by atoms with E-state index in [4.69, 9.17) is 10.2 Å². The smallest absolute Gasteiger partial charge is 0.455 e. The predicted molar refractivity (Wildman–Crippen MR) is 67.7 cm³/mol. The Morgan fingerprint density at radius 3 is 2.38 bits per heavy atom. The molecule has 0 aliphatic carbocycles. The van der Waals surface area contributed by atoms with Gasteiger partial charge < -0.3 is 20.2 Å². The van der Waals surface area contributed by atoms with E-state index in [9.17, 15) is 18.0 Å². The van der Waals surface area contributed by atoms with E-state index in [1.54, 1.807) is 6.07 Å². The molecular formula is C13H11F3N2O3. The lowest BCUT2D eigenvalue weighted by molar-refractivity contribution is -0.274. The molecule has 0 fully saturated rings. The van der Waals surface area contributed by atoms with Crippen molar-refractivity contribution in [1.29, 1.82) is 0 Å². The minimum Gasteiger partial charge on any atom is -0.455 e. The maximum absolute atomic E-state index is 12.0. The van der Waals surface area contributed by atoms with Gasteiger partial charge in [0.25, 0.3) is 5.91 Å². The van der Waals surface area contributed by atoms with Crippen LogP contribution in [0.5, 0.6) is 5.75 Å². The number of furan rings is 1. The minimum absolute atomic E-state index is 0.0612. The number of nitrogens with one attached hydrogen (secondary N) is 1. The van der Waals surface area contributed by atoms with Crippen LogP contribution in [0.25, 0.3) is 0 Å². The average molecular weight is 300 g/mol. The number of carbonyl (C=O) groups excluding carboxylic acids is 1. The van der Waals surface area contributed by atoms with Crippen molar-refractivity contribution in [3.63, 3.8) is 0 Å². The second-order valence-corrected chi connectivity index (χ2v) is 4.00. The number of hydrogen-bond donors (Lipinski definition) is 2. The van der Waals surface area contributed by atoms with E-state index >= 15 is 0 Å². The fraction of sp³-hybridized carbons (Fsp3) is 0.154. The van der Waals surface area contributed by atoms with E-state index in [-0.39, 0.29) is 18.1 Å². The number of benzene rings is 1. The van der Waals surface area contributed by atoms with Crippen LogP contribution < -0.4 is 15.8 Å². The van der Waals surface area contributed by atoms with Crippen molar-refractivity contribution in [1.82, 2.24) is 0 Å². The number of amides is 1. The van der Waals surface area contributed by atoms with Gasteiger partial charge >= 0.3 is 6.36 Å². The van der Waals surface area contributed by atoms with E-state index < -0.39 is 12.3 Å². The molecule has 1 amide bonds. The summed E-state index contributed by atoms with van der Waals surface area (Å²) in [6.45, 7) is 0.163. The number of hydrogen-bond acceptors (Lipinski definition) is 4. The van der Waals surface area contributed by atoms with Crippen LogP contribution in [0.3, 0.4) is 0 Å². The summed E-state index contributed by atoms with van der Waals surface area (Å²) in [4.78, 5) is 11.8. The minimum atomic E-state index is -4.75. The predicted octanol–water partition coefficient (Wildman–Crippen LogP) is 2.89. The van der Waals surface area contributed by atoms with Gasteiger partial charge in [0.15, 0.2) is 5.76 Å². The van der Waals surface area contributed by atoms with Crippen LogP contribution in [-0.2, 0) is 6.54 Å². The average Bonchev–Trinajstić information content (AvgIpc) is 2.88. The summed E-state index contributed by atoms with van der Waals surface area (Å²) in [5.41, 5.74) is 5.66. The highest BCUT2D eigenvalue weighted by Gasteiger charge is 2.30. The molecule has 5 nitrogen and oxygen atoms in total. The molecule has 0 saturated heterocycles. The Bertz CT molecular complexity index is 620. The second kappa shape index (κ2) is 5.88. The molecule has 0 saturated carbocycles. The number of halogens is 3. The van der Waals surface area contributed by atoms with Gasteiger partial charge in [0.05, 0.1) is 6.54 Å². The van der Waals surface area contributed by atoms with Crippen LogP contribution >= 0.6 is 0 Å². The Hall–Kier alpha value is -2.48. The lowest BCUT2D eigenvalue weighted by Gasteiger charge is -2.09. The van der Waals surface area contributed by atoms with Gasteiger partial charge in [-0.3, -0.25) is 4.79 Å². The summed E-state index contributed by atoms with van der Waals surface area (Å²) in [5.74, 6) is -0.386. The van der Waals surface area contributed by atoms with Gasteiger partial charge in [0, 0.05) is 5.69 Å². The normalized spacial score (nSPS) is 11.2. The van der Waals surface area contributed by atoms with Crippen molar-refractivity contribution in [2.75, 3.05) is 5.32 Å². The molecule has 0 spiro atoms. The van der Waals surface area contributed by atoms with Gasteiger partial charge in [-0.2, -0.15) is 0 Å². The van der Waals surface area contributed by atoms with E-state index in [0.29, 0.717) is 11.4 Å². The zero-order chi connectivity index (χ0) is 15.5. The molecule has 0 aliphatic heterocycles. The molecule has 1 heterocycles. The van der Waals surface area contributed by atoms with Crippen molar-refractivity contribution in [2.45, 2.75) is 12.9 Å². The number of carbonyl (C=O) groups is 1. The zero-order valence-corrected chi connectivity index (χ0v) is 10.6. The number of ether oxygens (including phenoxy) is 1. The fourth-order valence-corrected chi connectivity index (χ4v) is 1.54. The van der Waals surface area contributed by atoms with Gasteiger partial charge in [-0.1, -0.05) is 0 Å². The first kappa shape index (κ1) is 14.9. The third kappa shape index (κ3) is 4.25. The van der Waals surface area contributed by atoms with Gasteiger partial charge in [-0.05, 0) is 36.4 Å². The first-order valence-corrected chi connectivity index (χ1v) is 5.83. The first-order valence-electron chi connectivity index (χ1n) is 5.83. The van der Waals surface area contributed by atoms with Crippen molar-refractivity contribution >= 4 is 11.6 Å². The second-order valence-electron chi connectivity index (χ2n) is 4.00. The SMILES string of the molecule is NCc1ccc(C(=O)Nc2ccc(OC(F)(F)F)cc2)o1. The Morgan fingerprint density at radius 1 is 1.19 bits per heavy atom. The largest absolute Gasteiger partial charge is 0.573 e. The molecule has 21 heavy (non-hydrogen) atoms. The van der Waals surface area contributed by atoms with Crippen molar-refractivity contribution in [2.24, 2.45) is 5.73 Å². The molecule has 112 valence electrons. The first-order chi connectivity index (χ1) is 9.87. The van der Waals surface area contributed by atoms with Crippen LogP contribution in [0.15, 0.2) is 40.8 Å². The van der Waals surface area contributed by atoms with Crippen LogP contribution in [0, 0.1) is 0 Å². The monoisotopic (exact) mass is 300 g/mol. The van der Waals surface area contributed by atoms with Crippen LogP contribution in [0.4, 0.5) is 18.9 Å². The highest BCUT2D eigenvalue weighted by molar-refractivity contribution is 6.02. The van der Waals surface area contributed by atoms with E-state index in [1.807, 2.05) is 0 Å². The lowest BCUT2D eigenvalue weighted by Crippen LogP contribution is -2.17. The molecule has 1 aromatic heterocycles. The van der Waals surface area contributed by atoms with Gasteiger partial charge in [-0.15, -0.1) is 13.2 Å². The molecular weight excluding hydrogens is 289 g/mol. The number of nitrogens with two attached hydrogens (primary N) is 1. The van der Waals surface area contributed by atoms with E-state index in [0.717, 1.165) is 12.1 Å². The molecule has 3 N–H and O–H groups in total. The van der Waals surface area contributed by atoms with Crippen molar-refractivity contribution in [3.8, 4) is 5.75 Å².